The number of hydrogen-bond donors (Lipinski definition) is 1. The molecule has 17 heavy (non-hydrogen) atoms. The van der Waals surface area contributed by atoms with Crippen molar-refractivity contribution in [2.45, 2.75) is 39.2 Å². The second kappa shape index (κ2) is 6.36. The quantitative estimate of drug-likeness (QED) is 0.754. The summed E-state index contributed by atoms with van der Waals surface area (Å²) in [6, 6.07) is -0.207. The first-order chi connectivity index (χ1) is 7.98. The lowest BCUT2D eigenvalue weighted by atomic mass is 9.85. The summed E-state index contributed by atoms with van der Waals surface area (Å²) in [4.78, 5) is 13.9. The fourth-order valence-electron chi connectivity index (χ4n) is 2.35. The average molecular weight is 242 g/mol. The van der Waals surface area contributed by atoms with Crippen molar-refractivity contribution in [1.29, 1.82) is 0 Å². The molecule has 1 atom stereocenters. The van der Waals surface area contributed by atoms with Crippen molar-refractivity contribution in [2.24, 2.45) is 5.41 Å². The highest BCUT2D eigenvalue weighted by atomic mass is 16.5. The number of likely N-dealkylation sites (tertiary alicyclic amines) is 1. The number of rotatable bonds is 4. The van der Waals surface area contributed by atoms with Crippen LogP contribution in [0.4, 0.5) is 0 Å². The van der Waals surface area contributed by atoms with Crippen LogP contribution in [0.2, 0.25) is 0 Å². The average Bonchev–Trinajstić information content (AvgIpc) is 2.46. The standard InChI is InChI=1S/C13H26N2O2/c1-13(2)6-5-8-15(9-7-13)10-11(14-3)12(16)17-4/h11,14H,5-10H2,1-4H3. The van der Waals surface area contributed by atoms with Crippen LogP contribution < -0.4 is 5.32 Å². The molecule has 4 nitrogen and oxygen atoms in total. The van der Waals surface area contributed by atoms with Crippen LogP contribution in [0.25, 0.3) is 0 Å². The number of hydrogen-bond acceptors (Lipinski definition) is 4. The van der Waals surface area contributed by atoms with Gasteiger partial charge in [-0.1, -0.05) is 13.8 Å². The zero-order chi connectivity index (χ0) is 12.9. The highest BCUT2D eigenvalue weighted by Gasteiger charge is 2.26. The van der Waals surface area contributed by atoms with Gasteiger partial charge in [0.15, 0.2) is 0 Å². The maximum Gasteiger partial charge on any atom is 0.324 e. The fraction of sp³-hybridized carbons (Fsp3) is 0.923. The summed E-state index contributed by atoms with van der Waals surface area (Å²) in [6.07, 6.45) is 3.68. The third kappa shape index (κ3) is 4.64. The highest BCUT2D eigenvalue weighted by Crippen LogP contribution is 2.29. The maximum atomic E-state index is 11.5. The smallest absolute Gasteiger partial charge is 0.324 e. The monoisotopic (exact) mass is 242 g/mol. The van der Waals surface area contributed by atoms with Gasteiger partial charge in [-0.15, -0.1) is 0 Å². The van der Waals surface area contributed by atoms with Gasteiger partial charge in [0.05, 0.1) is 7.11 Å². The number of nitrogens with one attached hydrogen (secondary N) is 1. The third-order valence-electron chi connectivity index (χ3n) is 3.71. The van der Waals surface area contributed by atoms with Gasteiger partial charge in [-0.25, -0.2) is 0 Å². The molecule has 4 heteroatoms. The first-order valence-corrected chi connectivity index (χ1v) is 6.46. The van der Waals surface area contributed by atoms with Gasteiger partial charge >= 0.3 is 5.97 Å². The lowest BCUT2D eigenvalue weighted by molar-refractivity contribution is -0.143. The summed E-state index contributed by atoms with van der Waals surface area (Å²) < 4.78 is 4.79. The molecule has 1 aliphatic heterocycles. The SMILES string of the molecule is CNC(CN1CCCC(C)(C)CC1)C(=O)OC. The van der Waals surface area contributed by atoms with E-state index in [1.165, 1.54) is 26.4 Å². The molecule has 0 aromatic rings. The van der Waals surface area contributed by atoms with Crippen LogP contribution in [0.3, 0.4) is 0 Å². The lowest BCUT2D eigenvalue weighted by Gasteiger charge is -2.25. The Bertz CT molecular complexity index is 254. The van der Waals surface area contributed by atoms with Crippen molar-refractivity contribution in [3.63, 3.8) is 0 Å². The van der Waals surface area contributed by atoms with Crippen LogP contribution in [0.1, 0.15) is 33.1 Å². The molecule has 1 unspecified atom stereocenters. The Morgan fingerprint density at radius 3 is 2.71 bits per heavy atom. The molecule has 1 N–H and O–H groups in total. The Kier molecular flexibility index (Phi) is 5.40. The number of carbonyl (C=O) groups is 1. The molecule has 1 aliphatic rings. The highest BCUT2D eigenvalue weighted by molar-refractivity contribution is 5.75. The Labute approximate surface area is 105 Å². The normalized spacial score (nSPS) is 22.8. The van der Waals surface area contributed by atoms with Crippen molar-refractivity contribution >= 4 is 5.97 Å². The Morgan fingerprint density at radius 1 is 1.41 bits per heavy atom. The summed E-state index contributed by atoms with van der Waals surface area (Å²) in [5.41, 5.74) is 0.440. The van der Waals surface area contributed by atoms with Gasteiger partial charge in [-0.05, 0) is 44.8 Å². The van der Waals surface area contributed by atoms with Gasteiger partial charge in [0.2, 0.25) is 0 Å². The van der Waals surface area contributed by atoms with E-state index in [1.807, 2.05) is 7.05 Å². The van der Waals surface area contributed by atoms with Crippen LogP contribution in [0, 0.1) is 5.41 Å². The third-order valence-corrected chi connectivity index (χ3v) is 3.71. The zero-order valence-corrected chi connectivity index (χ0v) is 11.6. The molecule has 100 valence electrons. The van der Waals surface area contributed by atoms with E-state index in [9.17, 15) is 4.79 Å². The maximum absolute atomic E-state index is 11.5. The summed E-state index contributed by atoms with van der Waals surface area (Å²) >= 11 is 0. The molecule has 1 heterocycles. The molecule has 0 saturated carbocycles. The molecule has 0 aromatic heterocycles. The molecule has 0 spiro atoms. The number of ether oxygens (including phenoxy) is 1. The molecule has 0 radical (unpaired) electrons. The van der Waals surface area contributed by atoms with E-state index < -0.39 is 0 Å². The molecule has 0 bridgehead atoms. The van der Waals surface area contributed by atoms with Crippen LogP contribution in [-0.4, -0.2) is 50.7 Å². The summed E-state index contributed by atoms with van der Waals surface area (Å²) in [6.45, 7) is 7.55. The minimum absolute atomic E-state index is 0.170. The molecule has 1 saturated heterocycles. The van der Waals surface area contributed by atoms with Crippen LogP contribution in [0.15, 0.2) is 0 Å². The van der Waals surface area contributed by atoms with Crippen molar-refractivity contribution in [2.75, 3.05) is 33.8 Å². The van der Waals surface area contributed by atoms with Gasteiger partial charge in [0.25, 0.3) is 0 Å². The minimum atomic E-state index is -0.207. The number of likely N-dealkylation sites (N-methyl/N-ethyl adjacent to an activating group) is 1. The Hall–Kier alpha value is -0.610. The van der Waals surface area contributed by atoms with Crippen LogP contribution in [0.5, 0.6) is 0 Å². The van der Waals surface area contributed by atoms with Gasteiger partial charge < -0.3 is 15.0 Å². The van der Waals surface area contributed by atoms with E-state index in [4.69, 9.17) is 4.74 Å². The topological polar surface area (TPSA) is 41.6 Å². The molecule has 0 aromatic carbocycles. The van der Waals surface area contributed by atoms with Crippen molar-refractivity contribution in [3.05, 3.63) is 0 Å². The van der Waals surface area contributed by atoms with E-state index in [0.717, 1.165) is 19.6 Å². The largest absolute Gasteiger partial charge is 0.468 e. The molecule has 0 aliphatic carbocycles. The predicted molar refractivity (Wildman–Crippen MR) is 68.9 cm³/mol. The van der Waals surface area contributed by atoms with E-state index in [2.05, 4.69) is 24.1 Å². The first-order valence-electron chi connectivity index (χ1n) is 6.46. The van der Waals surface area contributed by atoms with Crippen molar-refractivity contribution in [3.8, 4) is 0 Å². The number of methoxy groups -OCH3 is 1. The number of esters is 1. The zero-order valence-electron chi connectivity index (χ0n) is 11.6. The molecule has 1 fully saturated rings. The van der Waals surface area contributed by atoms with Gasteiger partial charge in [0.1, 0.15) is 6.04 Å². The molecular weight excluding hydrogens is 216 g/mol. The van der Waals surface area contributed by atoms with Gasteiger partial charge in [-0.3, -0.25) is 4.79 Å². The van der Waals surface area contributed by atoms with Crippen LogP contribution >= 0.6 is 0 Å². The van der Waals surface area contributed by atoms with Gasteiger partial charge in [0, 0.05) is 6.54 Å². The van der Waals surface area contributed by atoms with Crippen LogP contribution in [-0.2, 0) is 9.53 Å². The van der Waals surface area contributed by atoms with Crippen molar-refractivity contribution in [1.82, 2.24) is 10.2 Å². The summed E-state index contributed by atoms with van der Waals surface area (Å²) in [5, 5.41) is 3.02. The van der Waals surface area contributed by atoms with E-state index in [-0.39, 0.29) is 12.0 Å². The Balaban J connectivity index is 2.48. The molecule has 0 amide bonds. The molecular formula is C13H26N2O2. The Morgan fingerprint density at radius 2 is 2.12 bits per heavy atom. The van der Waals surface area contributed by atoms with E-state index in [1.54, 1.807) is 0 Å². The second-order valence-electron chi connectivity index (χ2n) is 5.68. The summed E-state index contributed by atoms with van der Waals surface area (Å²) in [7, 11) is 3.25. The predicted octanol–water partition coefficient (Wildman–Crippen LogP) is 1.26. The second-order valence-corrected chi connectivity index (χ2v) is 5.68. The number of nitrogens with zero attached hydrogens (tertiary/aromatic N) is 1. The van der Waals surface area contributed by atoms with Gasteiger partial charge in [-0.2, -0.15) is 0 Å². The summed E-state index contributed by atoms with van der Waals surface area (Å²) in [5.74, 6) is -0.170. The number of carbonyl (C=O) groups excluding carboxylic acids is 1. The van der Waals surface area contributed by atoms with Crippen molar-refractivity contribution < 1.29 is 9.53 Å². The molecule has 1 rings (SSSR count). The fourth-order valence-corrected chi connectivity index (χ4v) is 2.35. The minimum Gasteiger partial charge on any atom is -0.468 e. The van der Waals surface area contributed by atoms with E-state index >= 15 is 0 Å². The first kappa shape index (κ1) is 14.5. The van der Waals surface area contributed by atoms with E-state index in [0.29, 0.717) is 5.41 Å². The lowest BCUT2D eigenvalue weighted by Crippen LogP contribution is -2.45.